The minimum absolute atomic E-state index is 0.0699. The second kappa shape index (κ2) is 69.1. The number of rotatable bonds is 67. The van der Waals surface area contributed by atoms with Crippen molar-refractivity contribution in [2.45, 2.75) is 406 Å². The molecule has 0 radical (unpaired) electrons. The molecular formula is C74H138O6. The van der Waals surface area contributed by atoms with Crippen molar-refractivity contribution in [1.29, 1.82) is 0 Å². The summed E-state index contributed by atoms with van der Waals surface area (Å²) in [7, 11) is 0. The number of esters is 3. The van der Waals surface area contributed by atoms with Gasteiger partial charge in [0.25, 0.3) is 0 Å². The van der Waals surface area contributed by atoms with Crippen LogP contribution in [-0.4, -0.2) is 37.2 Å². The Bertz CT molecular complexity index is 1340. The van der Waals surface area contributed by atoms with Gasteiger partial charge < -0.3 is 14.2 Å². The monoisotopic (exact) mass is 1120 g/mol. The molecule has 1 atom stereocenters. The van der Waals surface area contributed by atoms with Crippen molar-refractivity contribution in [3.63, 3.8) is 0 Å². The van der Waals surface area contributed by atoms with Crippen molar-refractivity contribution in [3.05, 3.63) is 36.5 Å². The lowest BCUT2D eigenvalue weighted by molar-refractivity contribution is -0.167. The van der Waals surface area contributed by atoms with Crippen LogP contribution >= 0.6 is 0 Å². The van der Waals surface area contributed by atoms with Crippen molar-refractivity contribution in [2.24, 2.45) is 0 Å². The maximum atomic E-state index is 12.9. The molecule has 0 N–H and O–H groups in total. The summed E-state index contributed by atoms with van der Waals surface area (Å²) in [5, 5.41) is 0. The van der Waals surface area contributed by atoms with Gasteiger partial charge in [-0.25, -0.2) is 0 Å². The zero-order valence-corrected chi connectivity index (χ0v) is 54.1. The summed E-state index contributed by atoms with van der Waals surface area (Å²) in [5.74, 6) is -0.854. The van der Waals surface area contributed by atoms with Crippen LogP contribution in [0.4, 0.5) is 0 Å². The smallest absolute Gasteiger partial charge is 0.306 e. The molecule has 470 valence electrons. The van der Waals surface area contributed by atoms with Gasteiger partial charge in [0.2, 0.25) is 0 Å². The molecule has 0 saturated carbocycles. The van der Waals surface area contributed by atoms with Gasteiger partial charge in [0.1, 0.15) is 13.2 Å². The second-order valence-corrected chi connectivity index (χ2v) is 24.5. The van der Waals surface area contributed by atoms with Crippen molar-refractivity contribution >= 4 is 17.9 Å². The van der Waals surface area contributed by atoms with E-state index < -0.39 is 6.10 Å². The lowest BCUT2D eigenvalue weighted by Crippen LogP contribution is -2.30. The predicted octanol–water partition coefficient (Wildman–Crippen LogP) is 24.7. The van der Waals surface area contributed by atoms with Crippen LogP contribution in [0, 0.1) is 0 Å². The molecule has 6 heteroatoms. The molecular weight excluding hydrogens is 985 g/mol. The molecule has 0 aromatic carbocycles. The second-order valence-electron chi connectivity index (χ2n) is 24.5. The van der Waals surface area contributed by atoms with Crippen LogP contribution in [0.2, 0.25) is 0 Å². The highest BCUT2D eigenvalue weighted by molar-refractivity contribution is 5.71. The summed E-state index contributed by atoms with van der Waals surface area (Å²) >= 11 is 0. The summed E-state index contributed by atoms with van der Waals surface area (Å²) in [4.78, 5) is 38.3. The van der Waals surface area contributed by atoms with Gasteiger partial charge in [0, 0.05) is 19.3 Å². The Hall–Kier alpha value is -2.37. The van der Waals surface area contributed by atoms with Gasteiger partial charge in [-0.1, -0.05) is 340 Å². The zero-order valence-electron chi connectivity index (χ0n) is 54.1. The first-order valence-electron chi connectivity index (χ1n) is 36.0. The third-order valence-corrected chi connectivity index (χ3v) is 16.4. The fourth-order valence-corrected chi connectivity index (χ4v) is 10.9. The number of hydrogen-bond donors (Lipinski definition) is 0. The molecule has 0 heterocycles. The van der Waals surface area contributed by atoms with Crippen molar-refractivity contribution in [2.75, 3.05) is 13.2 Å². The van der Waals surface area contributed by atoms with Crippen molar-refractivity contribution < 1.29 is 28.6 Å². The minimum atomic E-state index is -0.772. The Morgan fingerprint density at radius 1 is 0.250 bits per heavy atom. The largest absolute Gasteiger partial charge is 0.462 e. The fourth-order valence-electron chi connectivity index (χ4n) is 10.9. The molecule has 0 aromatic heterocycles. The van der Waals surface area contributed by atoms with Crippen LogP contribution in [-0.2, 0) is 28.6 Å². The number of allylic oxidation sites excluding steroid dienone is 6. The van der Waals surface area contributed by atoms with E-state index >= 15 is 0 Å². The van der Waals surface area contributed by atoms with Gasteiger partial charge in [0.05, 0.1) is 0 Å². The van der Waals surface area contributed by atoms with Gasteiger partial charge in [-0.3, -0.25) is 14.4 Å². The lowest BCUT2D eigenvalue weighted by atomic mass is 10.0. The number of ether oxygens (including phenoxy) is 3. The quantitative estimate of drug-likeness (QED) is 0.0261. The van der Waals surface area contributed by atoms with Crippen LogP contribution in [0.5, 0.6) is 0 Å². The van der Waals surface area contributed by atoms with Crippen LogP contribution in [0.1, 0.15) is 400 Å². The number of hydrogen-bond acceptors (Lipinski definition) is 6. The SMILES string of the molecule is CCCCC/C=C\C/C=C\CCCCCCCCCC(=O)OC(COC(=O)CCCCCCCCCCCC)COC(=O)CCCCCCCCCCCCCCCCCCCCCCCCC/C=C\CCCCCCCCCC. The summed E-state index contributed by atoms with van der Waals surface area (Å²) < 4.78 is 16.9. The third kappa shape index (κ3) is 66.4. The molecule has 0 aliphatic heterocycles. The van der Waals surface area contributed by atoms with Gasteiger partial charge >= 0.3 is 17.9 Å². The molecule has 0 amide bonds. The lowest BCUT2D eigenvalue weighted by Gasteiger charge is -2.18. The van der Waals surface area contributed by atoms with E-state index in [1.807, 2.05) is 0 Å². The maximum absolute atomic E-state index is 12.9. The molecule has 0 aromatic rings. The Balaban J connectivity index is 4.01. The standard InChI is InChI=1S/C74H138O6/c1-4-7-10-13-16-19-22-24-26-28-29-30-31-32-33-34-35-36-37-38-39-40-41-42-43-44-45-47-48-50-52-55-58-61-64-67-73(76)79-70-71(69-78-72(75)66-63-60-57-54-21-18-15-12-9-6-3)80-74(77)68-65-62-59-56-53-51-49-46-27-25-23-20-17-14-11-8-5-2/h17,20,25,27-29,71H,4-16,18-19,21-24,26,30-70H2,1-3H3/b20-17-,27-25-,29-28-. The summed E-state index contributed by atoms with van der Waals surface area (Å²) in [5.41, 5.74) is 0. The van der Waals surface area contributed by atoms with Gasteiger partial charge in [-0.15, -0.1) is 0 Å². The van der Waals surface area contributed by atoms with E-state index in [9.17, 15) is 14.4 Å². The number of carbonyl (C=O) groups excluding carboxylic acids is 3. The molecule has 1 unspecified atom stereocenters. The molecule has 80 heavy (non-hydrogen) atoms. The van der Waals surface area contributed by atoms with Crippen molar-refractivity contribution in [1.82, 2.24) is 0 Å². The summed E-state index contributed by atoms with van der Waals surface area (Å²) in [6.07, 6.45) is 86.3. The van der Waals surface area contributed by atoms with Crippen LogP contribution < -0.4 is 0 Å². The first-order chi connectivity index (χ1) is 39.5. The van der Waals surface area contributed by atoms with E-state index in [1.165, 1.54) is 289 Å². The first kappa shape index (κ1) is 77.6. The first-order valence-corrected chi connectivity index (χ1v) is 36.0. The Labute approximate surface area is 499 Å². The molecule has 0 aliphatic carbocycles. The van der Waals surface area contributed by atoms with E-state index in [2.05, 4.69) is 57.2 Å². The average molecular weight is 1120 g/mol. The highest BCUT2D eigenvalue weighted by Gasteiger charge is 2.19. The molecule has 6 nitrogen and oxygen atoms in total. The highest BCUT2D eigenvalue weighted by Crippen LogP contribution is 2.19. The summed E-state index contributed by atoms with van der Waals surface area (Å²) in [6, 6.07) is 0. The topological polar surface area (TPSA) is 78.9 Å². The van der Waals surface area contributed by atoms with E-state index in [4.69, 9.17) is 14.2 Å². The van der Waals surface area contributed by atoms with E-state index in [-0.39, 0.29) is 31.1 Å². The predicted molar refractivity (Wildman–Crippen MR) is 349 cm³/mol. The van der Waals surface area contributed by atoms with E-state index in [0.717, 1.165) is 70.6 Å². The molecule has 0 bridgehead atoms. The van der Waals surface area contributed by atoms with E-state index in [0.29, 0.717) is 19.3 Å². The van der Waals surface area contributed by atoms with Gasteiger partial charge in [0.15, 0.2) is 6.10 Å². The maximum Gasteiger partial charge on any atom is 0.306 e. The molecule has 0 aliphatic rings. The van der Waals surface area contributed by atoms with Gasteiger partial charge in [-0.05, 0) is 77.0 Å². The number of unbranched alkanes of at least 4 members (excludes halogenated alkanes) is 50. The van der Waals surface area contributed by atoms with Crippen LogP contribution in [0.3, 0.4) is 0 Å². The fraction of sp³-hybridized carbons (Fsp3) is 0.878. The Morgan fingerprint density at radius 2 is 0.450 bits per heavy atom. The Morgan fingerprint density at radius 3 is 0.725 bits per heavy atom. The minimum Gasteiger partial charge on any atom is -0.462 e. The van der Waals surface area contributed by atoms with Crippen LogP contribution in [0.25, 0.3) is 0 Å². The molecule has 0 saturated heterocycles. The number of carbonyl (C=O) groups is 3. The van der Waals surface area contributed by atoms with Crippen molar-refractivity contribution in [3.8, 4) is 0 Å². The summed E-state index contributed by atoms with van der Waals surface area (Å²) in [6.45, 7) is 6.66. The average Bonchev–Trinajstić information content (AvgIpc) is 3.46. The highest BCUT2D eigenvalue weighted by atomic mass is 16.6. The zero-order chi connectivity index (χ0) is 57.8. The molecule has 0 spiro atoms. The third-order valence-electron chi connectivity index (χ3n) is 16.4. The van der Waals surface area contributed by atoms with Gasteiger partial charge in [-0.2, -0.15) is 0 Å². The molecule has 0 rings (SSSR count). The Kier molecular flexibility index (Phi) is 67.1. The van der Waals surface area contributed by atoms with E-state index in [1.54, 1.807) is 0 Å². The molecule has 0 fully saturated rings. The van der Waals surface area contributed by atoms with Crippen LogP contribution in [0.15, 0.2) is 36.5 Å². The normalized spacial score (nSPS) is 12.2.